The summed E-state index contributed by atoms with van der Waals surface area (Å²) in [5.41, 5.74) is -0.545. The van der Waals surface area contributed by atoms with Crippen LogP contribution in [-0.2, 0) is 26.6 Å². The Morgan fingerprint density at radius 2 is 1.68 bits per heavy atom. The second kappa shape index (κ2) is 10.2. The Morgan fingerprint density at radius 1 is 1.05 bits per heavy atom. The molecule has 1 unspecified atom stereocenters. The molecule has 41 heavy (non-hydrogen) atoms. The quantitative estimate of drug-likeness (QED) is 0.316. The van der Waals surface area contributed by atoms with E-state index in [1.165, 1.54) is 61.0 Å². The summed E-state index contributed by atoms with van der Waals surface area (Å²) in [6.45, 7) is -0.537. The van der Waals surface area contributed by atoms with Crippen molar-refractivity contribution >= 4 is 56.8 Å². The number of anilines is 1. The number of methoxy groups -OCH3 is 1. The molecule has 2 saturated heterocycles. The van der Waals surface area contributed by atoms with Crippen molar-refractivity contribution in [1.29, 1.82) is 5.26 Å². The number of hydrogen-bond donors (Lipinski definition) is 0. The minimum atomic E-state index is -4.28. The maximum Gasteiger partial charge on any atom is 0.354 e. The minimum absolute atomic E-state index is 0.0249. The lowest BCUT2D eigenvalue weighted by atomic mass is 9.80. The molecule has 2 aliphatic heterocycles. The number of imide groups is 1. The topological polar surface area (TPSA) is 133 Å². The number of carbonyl (C=O) groups is 3. The molecular formula is C27H23Cl2N5O6S. The van der Waals surface area contributed by atoms with Gasteiger partial charge in [-0.15, -0.1) is 0 Å². The van der Waals surface area contributed by atoms with Crippen LogP contribution in [0.5, 0.6) is 0 Å². The minimum Gasteiger partial charge on any atom is -0.464 e. The fourth-order valence-electron chi connectivity index (χ4n) is 5.54. The first-order valence-corrected chi connectivity index (χ1v) is 14.4. The molecule has 2 aliphatic rings. The first-order chi connectivity index (χ1) is 19.4. The molecule has 11 nitrogen and oxygen atoms in total. The van der Waals surface area contributed by atoms with Gasteiger partial charge in [0.25, 0.3) is 15.9 Å². The molecule has 0 N–H and O–H groups in total. The predicted molar refractivity (Wildman–Crippen MR) is 149 cm³/mol. The number of carbonyl (C=O) groups excluding carboxylic acids is 3. The molecule has 1 spiro atoms. The van der Waals surface area contributed by atoms with E-state index in [1.807, 2.05) is 6.07 Å². The van der Waals surface area contributed by atoms with Crippen LogP contribution in [0, 0.1) is 11.3 Å². The summed E-state index contributed by atoms with van der Waals surface area (Å²) in [6.07, 6.45) is 0. The molecule has 3 heterocycles. The molecule has 0 aliphatic carbocycles. The van der Waals surface area contributed by atoms with Gasteiger partial charge in [-0.05, 0) is 48.0 Å². The zero-order chi connectivity index (χ0) is 29.9. The van der Waals surface area contributed by atoms with Crippen LogP contribution >= 0.6 is 23.2 Å². The fraction of sp³-hybridized carbons (Fsp3) is 0.259. The number of halogens is 2. The average molecular weight is 616 g/mol. The smallest absolute Gasteiger partial charge is 0.354 e. The lowest BCUT2D eigenvalue weighted by Crippen LogP contribution is -2.54. The number of likely N-dealkylation sites (N-methyl/N-ethyl adjacent to an activating group) is 1. The summed E-state index contributed by atoms with van der Waals surface area (Å²) < 4.78 is 35.0. The summed E-state index contributed by atoms with van der Waals surface area (Å²) in [7, 11) is -0.232. The van der Waals surface area contributed by atoms with Gasteiger partial charge in [0.15, 0.2) is 5.03 Å². The van der Waals surface area contributed by atoms with Gasteiger partial charge in [0.1, 0.15) is 11.2 Å². The molecule has 3 amide bonds. The summed E-state index contributed by atoms with van der Waals surface area (Å²) >= 11 is 12.3. The largest absolute Gasteiger partial charge is 0.464 e. The number of nitrogens with zero attached hydrogens (tertiary/aromatic N) is 5. The fourth-order valence-corrected chi connectivity index (χ4v) is 7.72. The lowest BCUT2D eigenvalue weighted by Gasteiger charge is -2.33. The standard InChI is InChI=1S/C27H23Cl2N5O6S/c1-31-22(24(35)40-3)8-9-23(31)41(38,39)33-14-21(17-6-4-16(13-30)5-7-17)27(15-33)25(36)34(26(37)32(27)2)20-11-18(28)10-19(29)12-20/h4-12,21H,14-15H2,1-3H3/t21-,27?/m0/s1. The zero-order valence-corrected chi connectivity index (χ0v) is 24.4. The summed E-state index contributed by atoms with van der Waals surface area (Å²) in [5, 5.41) is 9.51. The Labute approximate surface area is 246 Å². The molecule has 0 saturated carbocycles. The lowest BCUT2D eigenvalue weighted by molar-refractivity contribution is -0.124. The van der Waals surface area contributed by atoms with Crippen LogP contribution in [0.15, 0.2) is 59.6 Å². The van der Waals surface area contributed by atoms with E-state index in [-0.39, 0.29) is 39.5 Å². The number of hydrogen-bond acceptors (Lipinski definition) is 7. The van der Waals surface area contributed by atoms with Crippen molar-refractivity contribution in [2.75, 3.05) is 32.1 Å². The molecule has 212 valence electrons. The third kappa shape index (κ3) is 4.36. The van der Waals surface area contributed by atoms with Gasteiger partial charge in [0.2, 0.25) is 0 Å². The highest BCUT2D eigenvalue weighted by Gasteiger charge is 2.66. The van der Waals surface area contributed by atoms with Gasteiger partial charge in [-0.25, -0.2) is 22.9 Å². The zero-order valence-electron chi connectivity index (χ0n) is 22.0. The molecule has 3 aromatic rings. The van der Waals surface area contributed by atoms with Crippen molar-refractivity contribution < 1.29 is 27.5 Å². The second-order valence-electron chi connectivity index (χ2n) is 9.73. The molecule has 14 heteroatoms. The van der Waals surface area contributed by atoms with Gasteiger partial charge >= 0.3 is 12.0 Å². The first kappa shape index (κ1) is 28.6. The molecule has 5 rings (SSSR count). The van der Waals surface area contributed by atoms with E-state index in [1.54, 1.807) is 24.3 Å². The maximum atomic E-state index is 14.3. The van der Waals surface area contributed by atoms with Crippen molar-refractivity contribution in [2.45, 2.75) is 16.5 Å². The summed E-state index contributed by atoms with van der Waals surface area (Å²) in [5.74, 6) is -2.18. The van der Waals surface area contributed by atoms with Crippen molar-refractivity contribution in [3.05, 3.63) is 81.5 Å². The van der Waals surface area contributed by atoms with E-state index in [4.69, 9.17) is 27.9 Å². The number of urea groups is 1. The number of amides is 3. The highest BCUT2D eigenvalue weighted by molar-refractivity contribution is 7.89. The van der Waals surface area contributed by atoms with Gasteiger partial charge in [-0.2, -0.15) is 9.57 Å². The average Bonchev–Trinajstić information content (AvgIpc) is 3.59. The van der Waals surface area contributed by atoms with Crippen LogP contribution in [0.3, 0.4) is 0 Å². The third-order valence-corrected chi connectivity index (χ3v) is 9.99. The van der Waals surface area contributed by atoms with Gasteiger partial charge in [-0.1, -0.05) is 35.3 Å². The van der Waals surface area contributed by atoms with Gasteiger partial charge in [0, 0.05) is 43.1 Å². The molecule has 2 atom stereocenters. The van der Waals surface area contributed by atoms with Crippen molar-refractivity contribution in [3.8, 4) is 6.07 Å². The number of aromatic nitrogens is 1. The van der Waals surface area contributed by atoms with Crippen molar-refractivity contribution in [1.82, 2.24) is 13.8 Å². The van der Waals surface area contributed by atoms with Crippen LogP contribution in [0.2, 0.25) is 10.0 Å². The van der Waals surface area contributed by atoms with E-state index >= 15 is 0 Å². The van der Waals surface area contributed by atoms with Gasteiger partial charge in [0.05, 0.1) is 24.4 Å². The molecule has 0 radical (unpaired) electrons. The van der Waals surface area contributed by atoms with Crippen LogP contribution in [-0.4, -0.2) is 72.9 Å². The van der Waals surface area contributed by atoms with E-state index in [2.05, 4.69) is 0 Å². The molecule has 0 bridgehead atoms. The van der Waals surface area contributed by atoms with Crippen LogP contribution in [0.4, 0.5) is 10.5 Å². The van der Waals surface area contributed by atoms with E-state index in [9.17, 15) is 28.1 Å². The Balaban J connectivity index is 1.64. The Hall–Kier alpha value is -3.89. The maximum absolute atomic E-state index is 14.3. The third-order valence-electron chi connectivity index (χ3n) is 7.65. The highest BCUT2D eigenvalue weighted by Crippen LogP contribution is 2.48. The molecule has 2 aromatic carbocycles. The summed E-state index contributed by atoms with van der Waals surface area (Å²) in [6, 6.07) is 14.7. The van der Waals surface area contributed by atoms with Gasteiger partial charge in [-0.3, -0.25) is 4.79 Å². The monoisotopic (exact) mass is 615 g/mol. The van der Waals surface area contributed by atoms with E-state index in [0.717, 1.165) is 9.21 Å². The van der Waals surface area contributed by atoms with Gasteiger partial charge < -0.3 is 14.2 Å². The first-order valence-electron chi connectivity index (χ1n) is 12.2. The Kier molecular flexibility index (Phi) is 7.11. The van der Waals surface area contributed by atoms with E-state index in [0.29, 0.717) is 11.1 Å². The number of sulfonamides is 1. The highest BCUT2D eigenvalue weighted by atomic mass is 35.5. The number of rotatable bonds is 5. The SMILES string of the molecule is COC(=O)c1ccc(S(=O)(=O)N2C[C@@H](c3ccc(C#N)cc3)C3(C2)C(=O)N(c2cc(Cl)cc(Cl)c2)C(=O)N3C)n1C. The normalized spacial score (nSPS) is 21.1. The molecule has 2 fully saturated rings. The number of esters is 1. The second-order valence-corrected chi connectivity index (χ2v) is 12.5. The number of nitriles is 1. The Morgan fingerprint density at radius 3 is 2.27 bits per heavy atom. The Bertz CT molecular complexity index is 1730. The molecular weight excluding hydrogens is 593 g/mol. The van der Waals surface area contributed by atoms with Crippen molar-refractivity contribution in [2.24, 2.45) is 7.05 Å². The molecule has 1 aromatic heterocycles. The predicted octanol–water partition coefficient (Wildman–Crippen LogP) is 3.62. The summed E-state index contributed by atoms with van der Waals surface area (Å²) in [4.78, 5) is 42.3. The van der Waals surface area contributed by atoms with E-state index < -0.39 is 39.4 Å². The number of ether oxygens (including phenoxy) is 1. The van der Waals surface area contributed by atoms with Crippen LogP contribution in [0.1, 0.15) is 27.5 Å². The van der Waals surface area contributed by atoms with Crippen LogP contribution < -0.4 is 4.90 Å². The van der Waals surface area contributed by atoms with Crippen molar-refractivity contribution in [3.63, 3.8) is 0 Å². The number of benzene rings is 2. The van der Waals surface area contributed by atoms with Crippen LogP contribution in [0.25, 0.3) is 0 Å².